The molecule has 3 heteroatoms. The van der Waals surface area contributed by atoms with Crippen LogP contribution in [0.1, 0.15) is 28.4 Å². The SMILES string of the molecule is CC(=O)c1ccc(N(C)Cc2ccc(C)cc2)cc1Br. The van der Waals surface area contributed by atoms with Gasteiger partial charge in [0.15, 0.2) is 5.78 Å². The Kier molecular flexibility index (Phi) is 4.61. The lowest BCUT2D eigenvalue weighted by molar-refractivity contribution is 0.101. The fourth-order valence-corrected chi connectivity index (χ4v) is 2.73. The van der Waals surface area contributed by atoms with Crippen LogP contribution in [0.15, 0.2) is 46.9 Å². The molecule has 0 N–H and O–H groups in total. The lowest BCUT2D eigenvalue weighted by Gasteiger charge is -2.20. The number of ketones is 1. The minimum atomic E-state index is 0.0737. The van der Waals surface area contributed by atoms with Gasteiger partial charge in [0.25, 0.3) is 0 Å². The molecule has 0 aliphatic rings. The number of aryl methyl sites for hydroxylation is 1. The third-order valence-corrected chi connectivity index (χ3v) is 3.97. The Hall–Kier alpha value is -1.61. The molecular weight excluding hydrogens is 314 g/mol. The minimum Gasteiger partial charge on any atom is -0.370 e. The van der Waals surface area contributed by atoms with Crippen LogP contribution in [-0.4, -0.2) is 12.8 Å². The zero-order valence-corrected chi connectivity index (χ0v) is 13.6. The topological polar surface area (TPSA) is 20.3 Å². The number of benzene rings is 2. The van der Waals surface area contributed by atoms with Crippen LogP contribution in [0.4, 0.5) is 5.69 Å². The molecule has 2 aromatic rings. The smallest absolute Gasteiger partial charge is 0.160 e. The fourth-order valence-electron chi connectivity index (χ4n) is 2.09. The Bertz CT molecular complexity index is 619. The monoisotopic (exact) mass is 331 g/mol. The normalized spacial score (nSPS) is 10.4. The summed E-state index contributed by atoms with van der Waals surface area (Å²) in [7, 11) is 2.05. The summed E-state index contributed by atoms with van der Waals surface area (Å²) in [6, 6.07) is 14.4. The number of Topliss-reactive ketones (excluding diaryl/α,β-unsaturated/α-hetero) is 1. The van der Waals surface area contributed by atoms with Crippen molar-refractivity contribution in [2.75, 3.05) is 11.9 Å². The first-order valence-corrected chi connectivity index (χ1v) is 7.34. The van der Waals surface area contributed by atoms with Gasteiger partial charge in [-0.2, -0.15) is 0 Å². The van der Waals surface area contributed by atoms with Gasteiger partial charge in [-0.25, -0.2) is 0 Å². The molecule has 2 nitrogen and oxygen atoms in total. The van der Waals surface area contributed by atoms with Gasteiger partial charge in [-0.1, -0.05) is 29.8 Å². The summed E-state index contributed by atoms with van der Waals surface area (Å²) in [6.07, 6.45) is 0. The predicted molar refractivity (Wildman–Crippen MR) is 87.4 cm³/mol. The summed E-state index contributed by atoms with van der Waals surface area (Å²) in [4.78, 5) is 13.6. The molecular formula is C17H18BrNO. The molecule has 0 saturated heterocycles. The van der Waals surface area contributed by atoms with Crippen molar-refractivity contribution in [1.29, 1.82) is 0 Å². The number of halogens is 1. The summed E-state index contributed by atoms with van der Waals surface area (Å²) in [6.45, 7) is 4.51. The zero-order chi connectivity index (χ0) is 14.7. The quantitative estimate of drug-likeness (QED) is 0.763. The van der Waals surface area contributed by atoms with Crippen LogP contribution in [0.25, 0.3) is 0 Å². The molecule has 2 rings (SSSR count). The van der Waals surface area contributed by atoms with E-state index in [-0.39, 0.29) is 5.78 Å². The highest BCUT2D eigenvalue weighted by Gasteiger charge is 2.08. The molecule has 0 radical (unpaired) electrons. The summed E-state index contributed by atoms with van der Waals surface area (Å²) >= 11 is 3.46. The van der Waals surface area contributed by atoms with E-state index in [2.05, 4.69) is 59.1 Å². The molecule has 0 aromatic heterocycles. The fraction of sp³-hybridized carbons (Fsp3) is 0.235. The van der Waals surface area contributed by atoms with Gasteiger partial charge in [-0.3, -0.25) is 4.79 Å². The van der Waals surface area contributed by atoms with E-state index in [0.29, 0.717) is 0 Å². The van der Waals surface area contributed by atoms with Gasteiger partial charge < -0.3 is 4.90 Å². The summed E-state index contributed by atoms with van der Waals surface area (Å²) in [5.41, 5.74) is 4.34. The molecule has 0 spiro atoms. The standard InChI is InChI=1S/C17H18BrNO/c1-12-4-6-14(7-5-12)11-19(3)15-8-9-16(13(2)20)17(18)10-15/h4-10H,11H2,1-3H3. The molecule has 0 aliphatic heterocycles. The average Bonchev–Trinajstić information content (AvgIpc) is 2.40. The maximum atomic E-state index is 11.4. The van der Waals surface area contributed by atoms with E-state index in [1.54, 1.807) is 6.92 Å². The van der Waals surface area contributed by atoms with Crippen LogP contribution in [0.3, 0.4) is 0 Å². The van der Waals surface area contributed by atoms with Crippen molar-refractivity contribution in [2.45, 2.75) is 20.4 Å². The second-order valence-electron chi connectivity index (χ2n) is 5.06. The molecule has 0 fully saturated rings. The van der Waals surface area contributed by atoms with E-state index in [0.717, 1.165) is 22.3 Å². The molecule has 20 heavy (non-hydrogen) atoms. The second-order valence-corrected chi connectivity index (χ2v) is 5.92. The Morgan fingerprint density at radius 3 is 2.35 bits per heavy atom. The Morgan fingerprint density at radius 2 is 1.80 bits per heavy atom. The van der Waals surface area contributed by atoms with E-state index in [9.17, 15) is 4.79 Å². The number of nitrogens with zero attached hydrogens (tertiary/aromatic N) is 1. The van der Waals surface area contributed by atoms with Gasteiger partial charge in [0.2, 0.25) is 0 Å². The Morgan fingerprint density at radius 1 is 1.15 bits per heavy atom. The first kappa shape index (κ1) is 14.8. The van der Waals surface area contributed by atoms with Crippen LogP contribution in [-0.2, 0) is 6.54 Å². The Labute approximate surface area is 128 Å². The van der Waals surface area contributed by atoms with E-state index in [4.69, 9.17) is 0 Å². The molecule has 0 heterocycles. The first-order valence-electron chi connectivity index (χ1n) is 6.54. The van der Waals surface area contributed by atoms with E-state index >= 15 is 0 Å². The third kappa shape index (κ3) is 3.48. The molecule has 0 atom stereocenters. The third-order valence-electron chi connectivity index (χ3n) is 3.31. The first-order chi connectivity index (χ1) is 9.47. The highest BCUT2D eigenvalue weighted by molar-refractivity contribution is 9.10. The highest BCUT2D eigenvalue weighted by Crippen LogP contribution is 2.25. The Balaban J connectivity index is 2.17. The van der Waals surface area contributed by atoms with Crippen LogP contribution >= 0.6 is 15.9 Å². The van der Waals surface area contributed by atoms with E-state index in [1.165, 1.54) is 11.1 Å². The summed E-state index contributed by atoms with van der Waals surface area (Å²) in [5.74, 6) is 0.0737. The van der Waals surface area contributed by atoms with Crippen molar-refractivity contribution in [3.05, 3.63) is 63.6 Å². The lowest BCUT2D eigenvalue weighted by atomic mass is 10.1. The molecule has 0 amide bonds. The van der Waals surface area contributed by atoms with Crippen LogP contribution in [0, 0.1) is 6.92 Å². The maximum Gasteiger partial charge on any atom is 0.160 e. The van der Waals surface area contributed by atoms with Crippen molar-refractivity contribution >= 4 is 27.4 Å². The minimum absolute atomic E-state index is 0.0737. The van der Waals surface area contributed by atoms with Crippen LogP contribution < -0.4 is 4.90 Å². The van der Waals surface area contributed by atoms with Gasteiger partial charge in [0, 0.05) is 29.3 Å². The number of hydrogen-bond acceptors (Lipinski definition) is 2. The van der Waals surface area contributed by atoms with Gasteiger partial charge in [0.1, 0.15) is 0 Å². The lowest BCUT2D eigenvalue weighted by Crippen LogP contribution is -2.16. The van der Waals surface area contributed by atoms with Gasteiger partial charge in [0.05, 0.1) is 0 Å². The molecule has 0 unspecified atom stereocenters. The predicted octanol–water partition coefficient (Wildman–Crippen LogP) is 4.60. The highest BCUT2D eigenvalue weighted by atomic mass is 79.9. The number of carbonyl (C=O) groups is 1. The summed E-state index contributed by atoms with van der Waals surface area (Å²) in [5, 5.41) is 0. The van der Waals surface area contributed by atoms with E-state index < -0.39 is 0 Å². The molecule has 0 aliphatic carbocycles. The van der Waals surface area contributed by atoms with Gasteiger partial charge in [-0.05, 0) is 53.5 Å². The number of hydrogen-bond donors (Lipinski definition) is 0. The van der Waals surface area contributed by atoms with Crippen LogP contribution in [0.2, 0.25) is 0 Å². The van der Waals surface area contributed by atoms with Gasteiger partial charge >= 0.3 is 0 Å². The molecule has 0 saturated carbocycles. The number of anilines is 1. The van der Waals surface area contributed by atoms with Crippen molar-refractivity contribution < 1.29 is 4.79 Å². The van der Waals surface area contributed by atoms with Crippen LogP contribution in [0.5, 0.6) is 0 Å². The molecule has 2 aromatic carbocycles. The zero-order valence-electron chi connectivity index (χ0n) is 12.0. The molecule has 0 bridgehead atoms. The number of carbonyl (C=O) groups excluding carboxylic acids is 1. The van der Waals surface area contributed by atoms with Crippen molar-refractivity contribution in [2.24, 2.45) is 0 Å². The number of rotatable bonds is 4. The van der Waals surface area contributed by atoms with Crippen molar-refractivity contribution in [1.82, 2.24) is 0 Å². The maximum absolute atomic E-state index is 11.4. The van der Waals surface area contributed by atoms with Crippen molar-refractivity contribution in [3.8, 4) is 0 Å². The van der Waals surface area contributed by atoms with Crippen molar-refractivity contribution in [3.63, 3.8) is 0 Å². The summed E-state index contributed by atoms with van der Waals surface area (Å²) < 4.78 is 0.846. The van der Waals surface area contributed by atoms with Gasteiger partial charge in [-0.15, -0.1) is 0 Å². The second kappa shape index (κ2) is 6.23. The van der Waals surface area contributed by atoms with E-state index in [1.807, 2.05) is 18.2 Å². The largest absolute Gasteiger partial charge is 0.370 e. The average molecular weight is 332 g/mol. The molecule has 104 valence electrons.